The van der Waals surface area contributed by atoms with E-state index in [1.807, 2.05) is 60.7 Å². The van der Waals surface area contributed by atoms with Crippen LogP contribution in [-0.2, 0) is 17.9 Å². The summed E-state index contributed by atoms with van der Waals surface area (Å²) in [6.07, 6.45) is 1.63. The second-order valence-electron chi connectivity index (χ2n) is 5.61. The van der Waals surface area contributed by atoms with Crippen LogP contribution >= 0.6 is 15.9 Å². The minimum atomic E-state index is -0.204. The first kappa shape index (κ1) is 17.2. The third-order valence-corrected chi connectivity index (χ3v) is 4.27. The number of carbonyl (C=O) groups excluding carboxylic acids is 1. The number of aromatic nitrogens is 1. The Hall–Kier alpha value is -2.66. The van der Waals surface area contributed by atoms with Crippen molar-refractivity contribution >= 4 is 27.5 Å². The van der Waals surface area contributed by atoms with Gasteiger partial charge in [0.05, 0.1) is 6.54 Å². The number of carbonyl (C=O) groups is 1. The van der Waals surface area contributed by atoms with E-state index >= 15 is 0 Å². The summed E-state index contributed by atoms with van der Waals surface area (Å²) >= 11 is 3.34. The lowest BCUT2D eigenvalue weighted by Gasteiger charge is -2.23. The summed E-state index contributed by atoms with van der Waals surface area (Å²) in [6, 6.07) is 22.4. The number of benzene rings is 2. The average molecular weight is 397 g/mol. The molecular weight excluding hydrogens is 380 g/mol. The van der Waals surface area contributed by atoms with E-state index < -0.39 is 0 Å². The van der Waals surface area contributed by atoms with Gasteiger partial charge in [0.1, 0.15) is 6.54 Å². The summed E-state index contributed by atoms with van der Waals surface area (Å²) in [4.78, 5) is 26.6. The molecular formula is C20H17BrN2O2. The van der Waals surface area contributed by atoms with Gasteiger partial charge in [0.25, 0.3) is 5.56 Å². The second-order valence-corrected chi connectivity index (χ2v) is 6.53. The van der Waals surface area contributed by atoms with Crippen LogP contribution in [0.5, 0.6) is 0 Å². The van der Waals surface area contributed by atoms with E-state index in [2.05, 4.69) is 15.9 Å². The van der Waals surface area contributed by atoms with Crippen molar-refractivity contribution in [2.24, 2.45) is 0 Å². The van der Waals surface area contributed by atoms with E-state index in [4.69, 9.17) is 0 Å². The maximum atomic E-state index is 12.9. The highest BCUT2D eigenvalue weighted by Crippen LogP contribution is 2.18. The molecule has 0 aliphatic rings. The maximum Gasteiger partial charge on any atom is 0.251 e. The van der Waals surface area contributed by atoms with E-state index in [9.17, 15) is 9.59 Å². The van der Waals surface area contributed by atoms with Crippen molar-refractivity contribution in [1.29, 1.82) is 0 Å². The monoisotopic (exact) mass is 396 g/mol. The highest BCUT2D eigenvalue weighted by atomic mass is 79.9. The van der Waals surface area contributed by atoms with Crippen LogP contribution in [0.4, 0.5) is 5.69 Å². The van der Waals surface area contributed by atoms with Gasteiger partial charge in [0.2, 0.25) is 5.91 Å². The molecule has 0 N–H and O–H groups in total. The van der Waals surface area contributed by atoms with Gasteiger partial charge in [-0.2, -0.15) is 0 Å². The molecule has 0 radical (unpaired) electrons. The van der Waals surface area contributed by atoms with E-state index in [0.29, 0.717) is 6.54 Å². The SMILES string of the molecule is O=C(Cn1cc(Br)ccc1=O)N(Cc1ccccc1)c1ccccc1. The Labute approximate surface area is 154 Å². The van der Waals surface area contributed by atoms with E-state index in [-0.39, 0.29) is 18.0 Å². The topological polar surface area (TPSA) is 42.3 Å². The number of nitrogens with zero attached hydrogens (tertiary/aromatic N) is 2. The van der Waals surface area contributed by atoms with Gasteiger partial charge < -0.3 is 9.47 Å². The van der Waals surface area contributed by atoms with Crippen molar-refractivity contribution in [2.45, 2.75) is 13.1 Å². The molecule has 0 aliphatic carbocycles. The lowest BCUT2D eigenvalue weighted by molar-refractivity contribution is -0.119. The summed E-state index contributed by atoms with van der Waals surface area (Å²) in [5.74, 6) is -0.143. The van der Waals surface area contributed by atoms with Crippen molar-refractivity contribution < 1.29 is 4.79 Å². The van der Waals surface area contributed by atoms with Crippen molar-refractivity contribution in [3.63, 3.8) is 0 Å². The van der Waals surface area contributed by atoms with Crippen LogP contribution in [0.3, 0.4) is 0 Å². The molecule has 1 aromatic heterocycles. The fourth-order valence-corrected chi connectivity index (χ4v) is 2.93. The van der Waals surface area contributed by atoms with Crippen LogP contribution in [0.2, 0.25) is 0 Å². The molecule has 0 saturated carbocycles. The van der Waals surface area contributed by atoms with Crippen LogP contribution < -0.4 is 10.5 Å². The quantitative estimate of drug-likeness (QED) is 0.657. The van der Waals surface area contributed by atoms with Gasteiger partial charge in [-0.15, -0.1) is 0 Å². The summed E-state index contributed by atoms with van der Waals surface area (Å²) in [5, 5.41) is 0. The number of rotatable bonds is 5. The lowest BCUT2D eigenvalue weighted by atomic mass is 10.2. The zero-order valence-electron chi connectivity index (χ0n) is 13.5. The average Bonchev–Trinajstić information content (AvgIpc) is 2.64. The molecule has 4 nitrogen and oxygen atoms in total. The summed E-state index contributed by atoms with van der Waals surface area (Å²) < 4.78 is 2.17. The largest absolute Gasteiger partial charge is 0.306 e. The number of hydrogen-bond acceptors (Lipinski definition) is 2. The van der Waals surface area contributed by atoms with Gasteiger partial charge in [0, 0.05) is 22.4 Å². The molecule has 1 heterocycles. The molecule has 0 aliphatic heterocycles. The minimum Gasteiger partial charge on any atom is -0.306 e. The van der Waals surface area contributed by atoms with Gasteiger partial charge in [-0.1, -0.05) is 48.5 Å². The summed E-state index contributed by atoms with van der Waals surface area (Å²) in [6.45, 7) is 0.437. The first-order valence-corrected chi connectivity index (χ1v) is 8.68. The Bertz CT molecular complexity index is 908. The molecule has 0 saturated heterocycles. The molecule has 0 atom stereocenters. The molecule has 0 fully saturated rings. The zero-order chi connectivity index (χ0) is 17.6. The smallest absolute Gasteiger partial charge is 0.251 e. The first-order valence-electron chi connectivity index (χ1n) is 7.89. The molecule has 3 rings (SSSR count). The number of hydrogen-bond donors (Lipinski definition) is 0. The molecule has 0 unspecified atom stereocenters. The van der Waals surface area contributed by atoms with Gasteiger partial charge in [-0.05, 0) is 39.7 Å². The Morgan fingerprint density at radius 3 is 2.24 bits per heavy atom. The lowest BCUT2D eigenvalue weighted by Crippen LogP contribution is -2.36. The highest BCUT2D eigenvalue weighted by Gasteiger charge is 2.17. The van der Waals surface area contributed by atoms with Crippen LogP contribution in [-0.4, -0.2) is 10.5 Å². The van der Waals surface area contributed by atoms with Crippen molar-refractivity contribution in [2.75, 3.05) is 4.90 Å². The van der Waals surface area contributed by atoms with E-state index in [1.165, 1.54) is 10.6 Å². The minimum absolute atomic E-state index is 0.0139. The standard InChI is InChI=1S/C20H17BrN2O2/c21-17-11-12-19(24)22(14-17)15-20(25)23(18-9-5-2-6-10-18)13-16-7-3-1-4-8-16/h1-12,14H,13,15H2. The number of anilines is 1. The van der Waals surface area contributed by atoms with Crippen LogP contribution in [0.15, 0.2) is 88.3 Å². The van der Waals surface area contributed by atoms with Crippen molar-refractivity contribution in [3.8, 4) is 0 Å². The molecule has 0 bridgehead atoms. The molecule has 126 valence electrons. The summed E-state index contributed by atoms with van der Waals surface area (Å²) in [7, 11) is 0. The van der Waals surface area contributed by atoms with E-state index in [1.54, 1.807) is 17.2 Å². The molecule has 0 spiro atoms. The maximum absolute atomic E-state index is 12.9. The van der Waals surface area contributed by atoms with Gasteiger partial charge >= 0.3 is 0 Å². The second kappa shape index (κ2) is 7.94. The third kappa shape index (κ3) is 4.45. The predicted molar refractivity (Wildman–Crippen MR) is 102 cm³/mol. The Balaban J connectivity index is 1.89. The predicted octanol–water partition coefficient (Wildman–Crippen LogP) is 3.84. The van der Waals surface area contributed by atoms with Crippen LogP contribution in [0.25, 0.3) is 0 Å². The zero-order valence-corrected chi connectivity index (χ0v) is 15.1. The van der Waals surface area contributed by atoms with Crippen molar-refractivity contribution in [3.05, 3.63) is 99.4 Å². The fraction of sp³-hybridized carbons (Fsp3) is 0.100. The summed E-state index contributed by atoms with van der Waals surface area (Å²) in [5.41, 5.74) is 1.63. The normalized spacial score (nSPS) is 10.4. The number of pyridine rings is 1. The van der Waals surface area contributed by atoms with Crippen LogP contribution in [0, 0.1) is 0 Å². The highest BCUT2D eigenvalue weighted by molar-refractivity contribution is 9.10. The molecule has 1 amide bonds. The number of halogens is 1. The van der Waals surface area contributed by atoms with Gasteiger partial charge in [0.15, 0.2) is 0 Å². The van der Waals surface area contributed by atoms with Gasteiger partial charge in [-0.25, -0.2) is 0 Å². The molecule has 5 heteroatoms. The third-order valence-electron chi connectivity index (χ3n) is 3.81. The molecule has 2 aromatic carbocycles. The van der Waals surface area contributed by atoms with E-state index in [0.717, 1.165) is 15.7 Å². The Morgan fingerprint density at radius 2 is 1.56 bits per heavy atom. The van der Waals surface area contributed by atoms with Crippen LogP contribution in [0.1, 0.15) is 5.56 Å². The van der Waals surface area contributed by atoms with Gasteiger partial charge in [-0.3, -0.25) is 9.59 Å². The first-order chi connectivity index (χ1) is 12.1. The Kier molecular flexibility index (Phi) is 5.46. The Morgan fingerprint density at radius 1 is 0.920 bits per heavy atom. The fourth-order valence-electron chi connectivity index (χ4n) is 2.55. The number of para-hydroxylation sites is 1. The molecule has 25 heavy (non-hydrogen) atoms. The molecule has 3 aromatic rings. The van der Waals surface area contributed by atoms with Crippen molar-refractivity contribution in [1.82, 2.24) is 4.57 Å². The number of amides is 1.